The van der Waals surface area contributed by atoms with E-state index in [1.807, 2.05) is 20.8 Å². The first-order valence-corrected chi connectivity index (χ1v) is 4.92. The minimum atomic E-state index is -0.352. The molecule has 1 heterocycles. The minimum Gasteiger partial charge on any atom is -0.460 e. The number of esters is 1. The molecule has 0 aromatic rings. The molecule has 1 rings (SSSR count). The van der Waals surface area contributed by atoms with E-state index in [2.05, 4.69) is 5.32 Å². The maximum absolute atomic E-state index is 11.4. The Labute approximate surface area is 79.8 Å². The summed E-state index contributed by atoms with van der Waals surface area (Å²) in [5, 5.41) is 3.27. The van der Waals surface area contributed by atoms with Crippen molar-refractivity contribution < 1.29 is 9.53 Å². The number of carbonyl (C=O) groups is 1. The van der Waals surface area contributed by atoms with Crippen LogP contribution in [0.3, 0.4) is 0 Å². The molecule has 1 atom stereocenters. The molecule has 76 valence electrons. The smallest absolute Gasteiger partial charge is 0.307 e. The molecule has 0 unspecified atom stereocenters. The average Bonchev–Trinajstić information content (AvgIpc) is 2.34. The van der Waals surface area contributed by atoms with Crippen LogP contribution in [0.1, 0.15) is 40.0 Å². The molecule has 0 aliphatic carbocycles. The van der Waals surface area contributed by atoms with Crippen LogP contribution in [0.15, 0.2) is 0 Å². The fourth-order valence-corrected chi connectivity index (χ4v) is 1.52. The maximum Gasteiger partial charge on any atom is 0.307 e. The lowest BCUT2D eigenvalue weighted by Gasteiger charge is -2.20. The van der Waals surface area contributed by atoms with E-state index in [-0.39, 0.29) is 11.6 Å². The molecule has 0 aromatic heterocycles. The summed E-state index contributed by atoms with van der Waals surface area (Å²) in [4.78, 5) is 11.4. The van der Waals surface area contributed by atoms with Gasteiger partial charge in [0.05, 0.1) is 6.42 Å². The van der Waals surface area contributed by atoms with Crippen molar-refractivity contribution >= 4 is 5.97 Å². The Morgan fingerprint density at radius 1 is 1.54 bits per heavy atom. The van der Waals surface area contributed by atoms with Crippen LogP contribution in [0.4, 0.5) is 0 Å². The molecule has 13 heavy (non-hydrogen) atoms. The number of carbonyl (C=O) groups excluding carboxylic acids is 1. The van der Waals surface area contributed by atoms with Crippen molar-refractivity contribution in [3.63, 3.8) is 0 Å². The highest BCUT2D eigenvalue weighted by molar-refractivity contribution is 5.70. The molecule has 1 N–H and O–H groups in total. The first kappa shape index (κ1) is 10.5. The maximum atomic E-state index is 11.4. The van der Waals surface area contributed by atoms with Crippen LogP contribution in [0.2, 0.25) is 0 Å². The third kappa shape index (κ3) is 4.27. The van der Waals surface area contributed by atoms with Crippen LogP contribution >= 0.6 is 0 Å². The zero-order chi connectivity index (χ0) is 9.90. The van der Waals surface area contributed by atoms with Crippen LogP contribution in [-0.4, -0.2) is 24.2 Å². The molecule has 0 amide bonds. The lowest BCUT2D eigenvalue weighted by Crippen LogP contribution is -2.30. The summed E-state index contributed by atoms with van der Waals surface area (Å²) in [6, 6.07) is 0.342. The highest BCUT2D eigenvalue weighted by Gasteiger charge is 2.22. The van der Waals surface area contributed by atoms with Crippen molar-refractivity contribution in [3.05, 3.63) is 0 Å². The molecule has 1 saturated heterocycles. The third-order valence-corrected chi connectivity index (χ3v) is 2.00. The van der Waals surface area contributed by atoms with Gasteiger partial charge in [-0.05, 0) is 40.2 Å². The number of rotatable bonds is 2. The molecule has 0 saturated carbocycles. The van der Waals surface area contributed by atoms with E-state index in [0.29, 0.717) is 12.5 Å². The summed E-state index contributed by atoms with van der Waals surface area (Å²) in [6.45, 7) is 6.72. The first-order chi connectivity index (χ1) is 5.97. The second-order valence-corrected chi connectivity index (χ2v) is 4.58. The minimum absolute atomic E-state index is 0.0908. The average molecular weight is 185 g/mol. The Morgan fingerprint density at radius 2 is 2.23 bits per heavy atom. The molecular formula is C10H19NO2. The van der Waals surface area contributed by atoms with E-state index >= 15 is 0 Å². The van der Waals surface area contributed by atoms with E-state index in [1.54, 1.807) is 0 Å². The predicted molar refractivity (Wildman–Crippen MR) is 51.5 cm³/mol. The Morgan fingerprint density at radius 3 is 2.69 bits per heavy atom. The van der Waals surface area contributed by atoms with Crippen LogP contribution in [0, 0.1) is 0 Å². The molecule has 1 fully saturated rings. The Balaban J connectivity index is 2.24. The molecule has 0 radical (unpaired) electrons. The topological polar surface area (TPSA) is 38.3 Å². The summed E-state index contributed by atoms with van der Waals surface area (Å²) in [5.41, 5.74) is -0.352. The van der Waals surface area contributed by atoms with Gasteiger partial charge in [0.2, 0.25) is 0 Å². The van der Waals surface area contributed by atoms with Gasteiger partial charge >= 0.3 is 5.97 Å². The fraction of sp³-hybridized carbons (Fsp3) is 0.900. The first-order valence-electron chi connectivity index (χ1n) is 4.92. The largest absolute Gasteiger partial charge is 0.460 e. The van der Waals surface area contributed by atoms with E-state index in [1.165, 1.54) is 6.42 Å². The lowest BCUT2D eigenvalue weighted by molar-refractivity contribution is -0.155. The molecule has 3 heteroatoms. The van der Waals surface area contributed by atoms with Crippen molar-refractivity contribution in [1.82, 2.24) is 5.32 Å². The third-order valence-electron chi connectivity index (χ3n) is 2.00. The van der Waals surface area contributed by atoms with E-state index in [0.717, 1.165) is 13.0 Å². The van der Waals surface area contributed by atoms with Gasteiger partial charge in [-0.2, -0.15) is 0 Å². The normalized spacial score (nSPS) is 23.2. The van der Waals surface area contributed by atoms with Gasteiger partial charge in [-0.1, -0.05) is 0 Å². The highest BCUT2D eigenvalue weighted by Crippen LogP contribution is 2.13. The van der Waals surface area contributed by atoms with Crippen LogP contribution in [0.5, 0.6) is 0 Å². The summed E-state index contributed by atoms with van der Waals surface area (Å²) in [7, 11) is 0. The number of hydrogen-bond acceptors (Lipinski definition) is 3. The van der Waals surface area contributed by atoms with Crippen molar-refractivity contribution in [3.8, 4) is 0 Å². The Bertz CT molecular complexity index is 178. The van der Waals surface area contributed by atoms with Gasteiger partial charge in [-0.25, -0.2) is 0 Å². The number of nitrogens with one attached hydrogen (secondary N) is 1. The SMILES string of the molecule is CC(C)(C)OC(=O)C[C@@H]1CCCN1. The number of hydrogen-bond donors (Lipinski definition) is 1. The molecule has 0 aromatic carbocycles. The molecule has 1 aliphatic heterocycles. The molecule has 0 bridgehead atoms. The second kappa shape index (κ2) is 4.09. The van der Waals surface area contributed by atoms with Gasteiger partial charge in [0.25, 0.3) is 0 Å². The standard InChI is InChI=1S/C10H19NO2/c1-10(2,3)13-9(12)7-8-5-4-6-11-8/h8,11H,4-7H2,1-3H3/t8-/m0/s1. The quantitative estimate of drug-likeness (QED) is 0.662. The van der Waals surface area contributed by atoms with Crippen molar-refractivity contribution in [2.24, 2.45) is 0 Å². The zero-order valence-corrected chi connectivity index (χ0v) is 8.72. The lowest BCUT2D eigenvalue weighted by atomic mass is 10.1. The molecule has 1 aliphatic rings. The van der Waals surface area contributed by atoms with E-state index < -0.39 is 0 Å². The summed E-state index contributed by atoms with van der Waals surface area (Å²) in [5.74, 6) is -0.0908. The van der Waals surface area contributed by atoms with Gasteiger partial charge < -0.3 is 10.1 Å². The van der Waals surface area contributed by atoms with Gasteiger partial charge in [0, 0.05) is 6.04 Å². The van der Waals surface area contributed by atoms with Crippen LogP contribution in [-0.2, 0) is 9.53 Å². The number of ether oxygens (including phenoxy) is 1. The monoisotopic (exact) mass is 185 g/mol. The predicted octanol–water partition coefficient (Wildman–Crippen LogP) is 1.47. The Kier molecular flexibility index (Phi) is 3.31. The van der Waals surface area contributed by atoms with Gasteiger partial charge in [-0.3, -0.25) is 4.79 Å². The summed E-state index contributed by atoms with van der Waals surface area (Å²) in [6.07, 6.45) is 2.78. The fourth-order valence-electron chi connectivity index (χ4n) is 1.52. The molecule has 3 nitrogen and oxygen atoms in total. The molecular weight excluding hydrogens is 166 g/mol. The van der Waals surface area contributed by atoms with Crippen LogP contribution in [0.25, 0.3) is 0 Å². The molecule has 0 spiro atoms. The van der Waals surface area contributed by atoms with E-state index in [9.17, 15) is 4.79 Å². The van der Waals surface area contributed by atoms with Crippen molar-refractivity contribution in [1.29, 1.82) is 0 Å². The van der Waals surface area contributed by atoms with Gasteiger partial charge in [0.15, 0.2) is 0 Å². The second-order valence-electron chi connectivity index (χ2n) is 4.58. The highest BCUT2D eigenvalue weighted by atomic mass is 16.6. The Hall–Kier alpha value is -0.570. The van der Waals surface area contributed by atoms with Crippen molar-refractivity contribution in [2.45, 2.75) is 51.7 Å². The van der Waals surface area contributed by atoms with Gasteiger partial charge in [-0.15, -0.1) is 0 Å². The zero-order valence-electron chi connectivity index (χ0n) is 8.72. The van der Waals surface area contributed by atoms with Crippen LogP contribution < -0.4 is 5.32 Å². The van der Waals surface area contributed by atoms with Crippen molar-refractivity contribution in [2.75, 3.05) is 6.54 Å². The summed E-state index contributed by atoms with van der Waals surface area (Å²) < 4.78 is 5.22. The summed E-state index contributed by atoms with van der Waals surface area (Å²) >= 11 is 0. The van der Waals surface area contributed by atoms with E-state index in [4.69, 9.17) is 4.74 Å². The van der Waals surface area contributed by atoms with Gasteiger partial charge in [0.1, 0.15) is 5.60 Å².